The monoisotopic (exact) mass is 405 g/mol. The van der Waals surface area contributed by atoms with Crippen LogP contribution >= 0.6 is 11.3 Å². The standard InChI is InChI=1S/C17H15N3O5S2/c1-11-4-9-14(25-11)17(22)19-18-16(21)12-5-7-13(8-6-12)20-27(23,24)15-3-2-10-26-15/h2-10,20H,1H3,(H,18,21)(H,19,22). The van der Waals surface area contributed by atoms with Crippen molar-refractivity contribution >= 4 is 38.9 Å². The first kappa shape index (κ1) is 18.7. The molecule has 0 atom stereocenters. The number of anilines is 1. The SMILES string of the molecule is Cc1ccc(C(=O)NNC(=O)c2ccc(NS(=O)(=O)c3cccs3)cc2)o1. The summed E-state index contributed by atoms with van der Waals surface area (Å²) in [5.74, 6) is -0.491. The highest BCUT2D eigenvalue weighted by Gasteiger charge is 2.16. The molecule has 2 aromatic heterocycles. The van der Waals surface area contributed by atoms with Gasteiger partial charge >= 0.3 is 5.91 Å². The number of furan rings is 1. The molecule has 27 heavy (non-hydrogen) atoms. The van der Waals surface area contributed by atoms with Crippen LogP contribution in [0.5, 0.6) is 0 Å². The molecule has 0 aliphatic rings. The van der Waals surface area contributed by atoms with Gasteiger partial charge in [-0.2, -0.15) is 0 Å². The second-order valence-electron chi connectivity index (χ2n) is 5.43. The van der Waals surface area contributed by atoms with Crippen molar-refractivity contribution in [1.82, 2.24) is 10.9 Å². The number of rotatable bonds is 5. The first-order valence-electron chi connectivity index (χ1n) is 7.69. The molecular formula is C17H15N3O5S2. The van der Waals surface area contributed by atoms with Crippen LogP contribution in [0.2, 0.25) is 0 Å². The van der Waals surface area contributed by atoms with E-state index in [2.05, 4.69) is 15.6 Å². The maximum atomic E-state index is 12.2. The predicted octanol–water partition coefficient (Wildman–Crippen LogP) is 2.53. The Hall–Kier alpha value is -3.11. The topological polar surface area (TPSA) is 118 Å². The minimum Gasteiger partial charge on any atom is -0.456 e. The average molecular weight is 405 g/mol. The lowest BCUT2D eigenvalue weighted by Gasteiger charge is -2.08. The number of benzene rings is 1. The molecule has 0 fully saturated rings. The van der Waals surface area contributed by atoms with Crippen LogP contribution in [0.4, 0.5) is 5.69 Å². The molecule has 8 nitrogen and oxygen atoms in total. The minimum absolute atomic E-state index is 0.0751. The molecule has 10 heteroatoms. The third kappa shape index (κ3) is 4.54. The zero-order chi connectivity index (χ0) is 19.4. The first-order valence-corrected chi connectivity index (χ1v) is 10.0. The van der Waals surface area contributed by atoms with Gasteiger partial charge in [0.15, 0.2) is 5.76 Å². The normalized spacial score (nSPS) is 11.0. The number of sulfonamides is 1. The third-order valence-electron chi connectivity index (χ3n) is 3.41. The highest BCUT2D eigenvalue weighted by atomic mass is 32.2. The van der Waals surface area contributed by atoms with E-state index in [0.717, 1.165) is 11.3 Å². The first-order chi connectivity index (χ1) is 12.8. The van der Waals surface area contributed by atoms with Gasteiger partial charge in [-0.3, -0.25) is 25.2 Å². The molecule has 0 spiro atoms. The number of aryl methyl sites for hydroxylation is 1. The van der Waals surface area contributed by atoms with Crippen molar-refractivity contribution in [3.8, 4) is 0 Å². The maximum absolute atomic E-state index is 12.2. The molecule has 0 aliphatic carbocycles. The molecule has 140 valence electrons. The third-order valence-corrected chi connectivity index (χ3v) is 6.19. The Labute approximate surface area is 159 Å². The van der Waals surface area contributed by atoms with E-state index in [9.17, 15) is 18.0 Å². The van der Waals surface area contributed by atoms with Gasteiger partial charge < -0.3 is 4.42 Å². The Morgan fingerprint density at radius 3 is 2.26 bits per heavy atom. The summed E-state index contributed by atoms with van der Waals surface area (Å²) in [7, 11) is -3.65. The lowest BCUT2D eigenvalue weighted by atomic mass is 10.2. The quantitative estimate of drug-likeness (QED) is 0.564. The minimum atomic E-state index is -3.65. The smallest absolute Gasteiger partial charge is 0.305 e. The summed E-state index contributed by atoms with van der Waals surface area (Å²) in [4.78, 5) is 23.9. The lowest BCUT2D eigenvalue weighted by Crippen LogP contribution is -2.41. The van der Waals surface area contributed by atoms with Crippen LogP contribution in [0.3, 0.4) is 0 Å². The predicted molar refractivity (Wildman–Crippen MR) is 99.9 cm³/mol. The number of carbonyl (C=O) groups excluding carboxylic acids is 2. The van der Waals surface area contributed by atoms with Crippen LogP contribution in [0.1, 0.15) is 26.7 Å². The van der Waals surface area contributed by atoms with Gasteiger partial charge in [0.05, 0.1) is 0 Å². The van der Waals surface area contributed by atoms with Gasteiger partial charge in [0.2, 0.25) is 0 Å². The molecule has 3 aromatic rings. The van der Waals surface area contributed by atoms with E-state index < -0.39 is 21.8 Å². The highest BCUT2D eigenvalue weighted by molar-refractivity contribution is 7.94. The number of amides is 2. The van der Waals surface area contributed by atoms with E-state index in [0.29, 0.717) is 11.4 Å². The molecule has 0 aliphatic heterocycles. The Morgan fingerprint density at radius 2 is 1.67 bits per heavy atom. The molecule has 0 saturated heterocycles. The Morgan fingerprint density at radius 1 is 0.963 bits per heavy atom. The molecule has 3 rings (SSSR count). The van der Waals surface area contributed by atoms with Gasteiger partial charge in [0.25, 0.3) is 15.9 Å². The van der Waals surface area contributed by atoms with Gasteiger partial charge in [0.1, 0.15) is 9.97 Å². The lowest BCUT2D eigenvalue weighted by molar-refractivity contribution is 0.0830. The van der Waals surface area contributed by atoms with E-state index in [1.165, 1.54) is 36.4 Å². The number of carbonyl (C=O) groups is 2. The van der Waals surface area contributed by atoms with E-state index in [-0.39, 0.29) is 15.5 Å². The zero-order valence-electron chi connectivity index (χ0n) is 14.1. The van der Waals surface area contributed by atoms with Crippen LogP contribution in [-0.4, -0.2) is 20.2 Å². The maximum Gasteiger partial charge on any atom is 0.305 e. The van der Waals surface area contributed by atoms with Crippen LogP contribution in [-0.2, 0) is 10.0 Å². The molecule has 0 unspecified atom stereocenters. The van der Waals surface area contributed by atoms with Gasteiger partial charge in [0, 0.05) is 11.3 Å². The largest absolute Gasteiger partial charge is 0.456 e. The van der Waals surface area contributed by atoms with Gasteiger partial charge in [-0.15, -0.1) is 11.3 Å². The van der Waals surface area contributed by atoms with Crippen LogP contribution in [0, 0.1) is 6.92 Å². The molecule has 0 bridgehead atoms. The van der Waals surface area contributed by atoms with Crippen molar-refractivity contribution in [1.29, 1.82) is 0 Å². The van der Waals surface area contributed by atoms with Gasteiger partial charge in [-0.25, -0.2) is 8.42 Å². The van der Waals surface area contributed by atoms with Crippen LogP contribution in [0.25, 0.3) is 0 Å². The van der Waals surface area contributed by atoms with Crippen LogP contribution in [0.15, 0.2) is 62.5 Å². The molecule has 1 aromatic carbocycles. The summed E-state index contributed by atoms with van der Waals surface area (Å²) < 4.78 is 32.1. The second kappa shape index (κ2) is 7.64. The molecule has 3 N–H and O–H groups in total. The summed E-state index contributed by atoms with van der Waals surface area (Å²) in [6, 6.07) is 12.0. The van der Waals surface area contributed by atoms with Crippen molar-refractivity contribution in [2.24, 2.45) is 0 Å². The summed E-state index contributed by atoms with van der Waals surface area (Å²) in [6.45, 7) is 1.70. The van der Waals surface area contributed by atoms with E-state index in [1.54, 1.807) is 24.4 Å². The van der Waals surface area contributed by atoms with Crippen molar-refractivity contribution in [3.05, 3.63) is 71.0 Å². The Bertz CT molecular complexity index is 1050. The zero-order valence-corrected chi connectivity index (χ0v) is 15.7. The van der Waals surface area contributed by atoms with Gasteiger partial charge in [-0.05, 0) is 54.8 Å². The molecule has 2 heterocycles. The van der Waals surface area contributed by atoms with E-state index in [4.69, 9.17) is 4.42 Å². The fourth-order valence-corrected chi connectivity index (χ4v) is 4.17. The van der Waals surface area contributed by atoms with Crippen molar-refractivity contribution in [2.45, 2.75) is 11.1 Å². The van der Waals surface area contributed by atoms with Crippen molar-refractivity contribution in [3.63, 3.8) is 0 Å². The number of hydrogen-bond donors (Lipinski definition) is 3. The number of nitrogens with one attached hydrogen (secondary N) is 3. The molecule has 2 amide bonds. The van der Waals surface area contributed by atoms with Gasteiger partial charge in [-0.1, -0.05) is 6.07 Å². The molecule has 0 radical (unpaired) electrons. The number of hydrogen-bond acceptors (Lipinski definition) is 6. The van der Waals surface area contributed by atoms with Crippen LogP contribution < -0.4 is 15.6 Å². The van der Waals surface area contributed by atoms with Crippen molar-refractivity contribution < 1.29 is 22.4 Å². The summed E-state index contributed by atoms with van der Waals surface area (Å²) in [5.41, 5.74) is 5.06. The van der Waals surface area contributed by atoms with E-state index in [1.807, 2.05) is 0 Å². The van der Waals surface area contributed by atoms with Crippen molar-refractivity contribution in [2.75, 3.05) is 4.72 Å². The Kier molecular flexibility index (Phi) is 5.28. The molecular weight excluding hydrogens is 390 g/mol. The fraction of sp³-hybridized carbons (Fsp3) is 0.0588. The summed E-state index contributed by atoms with van der Waals surface area (Å²) >= 11 is 1.10. The highest BCUT2D eigenvalue weighted by Crippen LogP contribution is 2.20. The second-order valence-corrected chi connectivity index (χ2v) is 8.29. The number of hydrazine groups is 1. The average Bonchev–Trinajstić information content (AvgIpc) is 3.32. The summed E-state index contributed by atoms with van der Waals surface area (Å²) in [5, 5.41) is 1.67. The fourth-order valence-electron chi connectivity index (χ4n) is 2.12. The Balaban J connectivity index is 1.59. The number of thiophene rings is 1. The van der Waals surface area contributed by atoms with E-state index >= 15 is 0 Å². The molecule has 0 saturated carbocycles. The summed E-state index contributed by atoms with van der Waals surface area (Å²) in [6.07, 6.45) is 0.